The second-order valence-corrected chi connectivity index (χ2v) is 3.85. The van der Waals surface area contributed by atoms with Crippen molar-refractivity contribution in [3.8, 4) is 0 Å². The molecule has 3 nitrogen and oxygen atoms in total. The first-order valence-corrected chi connectivity index (χ1v) is 5.60. The zero-order valence-corrected chi connectivity index (χ0v) is 9.46. The summed E-state index contributed by atoms with van der Waals surface area (Å²) in [6.45, 7) is 1.76. The Hall–Kier alpha value is -0.610. The highest BCUT2D eigenvalue weighted by atomic mass is 79.9. The van der Waals surface area contributed by atoms with Crippen LogP contribution in [0.25, 0.3) is 0 Å². The van der Waals surface area contributed by atoms with Gasteiger partial charge in [0.15, 0.2) is 0 Å². The highest BCUT2D eigenvalue weighted by molar-refractivity contribution is 9.10. The van der Waals surface area contributed by atoms with Crippen LogP contribution in [0.3, 0.4) is 0 Å². The average Bonchev–Trinajstić information content (AvgIpc) is 2.30. The Kier molecular flexibility index (Phi) is 3.37. The van der Waals surface area contributed by atoms with E-state index in [9.17, 15) is 0 Å². The lowest BCUT2D eigenvalue weighted by molar-refractivity contribution is 0.0853. The molecule has 1 aliphatic rings. The van der Waals surface area contributed by atoms with E-state index in [2.05, 4.69) is 31.5 Å². The van der Waals surface area contributed by atoms with Gasteiger partial charge in [-0.1, -0.05) is 6.07 Å². The molecule has 0 aromatic carbocycles. The van der Waals surface area contributed by atoms with Gasteiger partial charge in [0.1, 0.15) is 5.82 Å². The molecule has 0 radical (unpaired) electrons. The predicted molar refractivity (Wildman–Crippen MR) is 59.6 cm³/mol. The minimum absolute atomic E-state index is 0.626. The second kappa shape index (κ2) is 4.75. The summed E-state index contributed by atoms with van der Waals surface area (Å²) in [7, 11) is 0. The zero-order valence-electron chi connectivity index (χ0n) is 7.87. The van der Waals surface area contributed by atoms with Crippen molar-refractivity contribution in [1.29, 1.82) is 0 Å². The average molecular weight is 257 g/mol. The zero-order chi connectivity index (χ0) is 9.80. The first-order chi connectivity index (χ1) is 6.90. The van der Waals surface area contributed by atoms with Crippen molar-refractivity contribution in [2.45, 2.75) is 18.8 Å². The molecule has 4 heteroatoms. The van der Waals surface area contributed by atoms with Crippen LogP contribution in [0.5, 0.6) is 0 Å². The Morgan fingerprint density at radius 3 is 2.71 bits per heavy atom. The van der Waals surface area contributed by atoms with Gasteiger partial charge in [-0.3, -0.25) is 0 Å². The molecule has 1 aromatic rings. The van der Waals surface area contributed by atoms with Crippen LogP contribution >= 0.6 is 16.1 Å². The van der Waals surface area contributed by atoms with Crippen LogP contribution in [0.2, 0.25) is 0 Å². The maximum Gasteiger partial charge on any atom is 0.135 e. The molecule has 0 spiro atoms. The quantitative estimate of drug-likeness (QED) is 0.827. The van der Waals surface area contributed by atoms with Crippen molar-refractivity contribution in [3.05, 3.63) is 23.9 Å². The fourth-order valence-corrected chi connectivity index (χ4v) is 1.97. The van der Waals surface area contributed by atoms with Gasteiger partial charge in [0, 0.05) is 35.6 Å². The summed E-state index contributed by atoms with van der Waals surface area (Å²) >= 11 is 3.15. The fourth-order valence-electron chi connectivity index (χ4n) is 1.73. The summed E-state index contributed by atoms with van der Waals surface area (Å²) < 4.78 is 8.16. The fraction of sp³-hybridized carbons (Fsp3) is 0.500. The lowest BCUT2D eigenvalue weighted by Crippen LogP contribution is -2.14. The molecule has 2 heterocycles. The molecule has 1 aromatic heterocycles. The smallest absolute Gasteiger partial charge is 0.135 e. The molecule has 0 bridgehead atoms. The van der Waals surface area contributed by atoms with Gasteiger partial charge in [-0.25, -0.2) is 4.98 Å². The maximum atomic E-state index is 5.33. The molecule has 1 fully saturated rings. The van der Waals surface area contributed by atoms with Gasteiger partial charge in [-0.2, -0.15) is 0 Å². The molecule has 0 saturated carbocycles. The molecule has 1 N–H and O–H groups in total. The third kappa shape index (κ3) is 2.25. The molecule has 14 heavy (non-hydrogen) atoms. The van der Waals surface area contributed by atoms with E-state index in [4.69, 9.17) is 4.74 Å². The predicted octanol–water partition coefficient (Wildman–Crippen LogP) is 2.70. The van der Waals surface area contributed by atoms with Crippen molar-refractivity contribution in [1.82, 2.24) is 4.98 Å². The number of aromatic nitrogens is 1. The SMILES string of the molecule is BrNc1ccc(C2CCOCC2)cn1. The number of halogens is 1. The van der Waals surface area contributed by atoms with Gasteiger partial charge in [0.05, 0.1) is 0 Å². The third-order valence-corrected chi connectivity index (χ3v) is 2.98. The largest absolute Gasteiger partial charge is 0.381 e. The van der Waals surface area contributed by atoms with Crippen molar-refractivity contribution < 1.29 is 4.74 Å². The number of hydrogen-bond donors (Lipinski definition) is 1. The first-order valence-electron chi connectivity index (χ1n) is 4.80. The van der Waals surface area contributed by atoms with Crippen molar-refractivity contribution in [2.75, 3.05) is 17.6 Å². The van der Waals surface area contributed by atoms with E-state index in [1.807, 2.05) is 12.3 Å². The van der Waals surface area contributed by atoms with Gasteiger partial charge >= 0.3 is 0 Å². The molecule has 0 unspecified atom stereocenters. The molecule has 0 atom stereocenters. The summed E-state index contributed by atoms with van der Waals surface area (Å²) in [6, 6.07) is 4.12. The number of hydrogen-bond acceptors (Lipinski definition) is 3. The molecule has 0 aliphatic carbocycles. The Morgan fingerprint density at radius 2 is 2.14 bits per heavy atom. The van der Waals surface area contributed by atoms with E-state index < -0.39 is 0 Å². The maximum absolute atomic E-state index is 5.33. The number of nitrogens with zero attached hydrogens (tertiary/aromatic N) is 1. The van der Waals surface area contributed by atoms with Crippen molar-refractivity contribution in [3.63, 3.8) is 0 Å². The highest BCUT2D eigenvalue weighted by Gasteiger charge is 2.15. The molecular formula is C10H13BrN2O. The molecule has 76 valence electrons. The van der Waals surface area contributed by atoms with Crippen LogP contribution in [0.4, 0.5) is 5.82 Å². The van der Waals surface area contributed by atoms with Crippen LogP contribution in [0, 0.1) is 0 Å². The third-order valence-electron chi connectivity index (χ3n) is 2.58. The van der Waals surface area contributed by atoms with E-state index in [1.165, 1.54) is 5.56 Å². The van der Waals surface area contributed by atoms with Gasteiger partial charge in [-0.15, -0.1) is 0 Å². The Balaban J connectivity index is 2.07. The van der Waals surface area contributed by atoms with Crippen LogP contribution in [-0.4, -0.2) is 18.2 Å². The lowest BCUT2D eigenvalue weighted by atomic mass is 9.93. The van der Waals surface area contributed by atoms with Crippen molar-refractivity contribution in [2.24, 2.45) is 0 Å². The number of ether oxygens (including phenoxy) is 1. The van der Waals surface area contributed by atoms with E-state index in [-0.39, 0.29) is 0 Å². The standard InChI is InChI=1S/C10H13BrN2O/c11-13-10-2-1-9(7-12-10)8-3-5-14-6-4-8/h1-2,7-8H,3-6H2,(H,12,13). The molecule has 1 saturated heterocycles. The summed E-state index contributed by atoms with van der Waals surface area (Å²) in [6.07, 6.45) is 4.17. The Bertz CT molecular complexity index is 283. The van der Waals surface area contributed by atoms with Crippen molar-refractivity contribution >= 4 is 22.0 Å². The first kappa shape index (κ1) is 9.93. The molecule has 1 aliphatic heterocycles. The van der Waals surface area contributed by atoms with Crippen LogP contribution in [-0.2, 0) is 4.74 Å². The summed E-state index contributed by atoms with van der Waals surface area (Å²) in [5, 5.41) is 0. The van der Waals surface area contributed by atoms with Crippen LogP contribution in [0.1, 0.15) is 24.3 Å². The van der Waals surface area contributed by atoms with E-state index in [0.717, 1.165) is 31.9 Å². The minimum Gasteiger partial charge on any atom is -0.381 e. The highest BCUT2D eigenvalue weighted by Crippen LogP contribution is 2.26. The number of nitrogens with one attached hydrogen (secondary N) is 1. The monoisotopic (exact) mass is 256 g/mol. The molecular weight excluding hydrogens is 244 g/mol. The Labute approximate surface area is 92.2 Å². The normalized spacial score (nSPS) is 18.1. The van der Waals surface area contributed by atoms with Gasteiger partial charge in [0.25, 0.3) is 0 Å². The number of pyridine rings is 1. The van der Waals surface area contributed by atoms with Crippen LogP contribution < -0.4 is 4.34 Å². The van der Waals surface area contributed by atoms with E-state index in [0.29, 0.717) is 5.92 Å². The van der Waals surface area contributed by atoms with E-state index in [1.54, 1.807) is 0 Å². The number of anilines is 1. The molecule has 2 rings (SSSR count). The van der Waals surface area contributed by atoms with Gasteiger partial charge in [-0.05, 0) is 30.4 Å². The summed E-state index contributed by atoms with van der Waals surface area (Å²) in [5.41, 5.74) is 1.32. The lowest BCUT2D eigenvalue weighted by Gasteiger charge is -2.21. The van der Waals surface area contributed by atoms with Crippen LogP contribution in [0.15, 0.2) is 18.3 Å². The Morgan fingerprint density at radius 1 is 1.36 bits per heavy atom. The van der Waals surface area contributed by atoms with Gasteiger partial charge in [0.2, 0.25) is 0 Å². The minimum atomic E-state index is 0.626. The summed E-state index contributed by atoms with van der Waals surface area (Å²) in [4.78, 5) is 4.27. The second-order valence-electron chi connectivity index (χ2n) is 3.46. The topological polar surface area (TPSA) is 34.1 Å². The number of rotatable bonds is 2. The summed E-state index contributed by atoms with van der Waals surface area (Å²) in [5.74, 6) is 1.47. The van der Waals surface area contributed by atoms with Gasteiger partial charge < -0.3 is 9.08 Å². The molecule has 0 amide bonds. The van der Waals surface area contributed by atoms with E-state index >= 15 is 0 Å².